The van der Waals surface area contributed by atoms with Crippen LogP contribution < -0.4 is 34.7 Å². The molecule has 6 heavy (non-hydrogen) atoms. The molecule has 0 atom stereocenters. The van der Waals surface area contributed by atoms with Gasteiger partial charge in [-0.3, -0.25) is 0 Å². The maximum absolute atomic E-state index is 9.26. The van der Waals surface area contributed by atoms with Crippen molar-refractivity contribution in [3.63, 3.8) is 0 Å². The number of carbonyl (C=O) groups excluding carboxylic acids is 1. The van der Waals surface area contributed by atoms with E-state index in [0.717, 1.165) is 0 Å². The molecule has 3 heteroatoms. The minimum absolute atomic E-state index is 0. The van der Waals surface area contributed by atoms with Gasteiger partial charge in [0.15, 0.2) is 0 Å². The smallest absolute Gasteiger partial charge is 0.550 e. The second-order valence-corrected chi connectivity index (χ2v) is 0.726. The molecule has 0 saturated carbocycles. The van der Waals surface area contributed by atoms with Gasteiger partial charge in [0.1, 0.15) is 0 Å². The summed E-state index contributed by atoms with van der Waals surface area (Å²) in [6, 6.07) is 0. The maximum atomic E-state index is 9.26. The Hall–Kier alpha value is 0.470. The quantitative estimate of drug-likeness (QED) is 0.315. The summed E-state index contributed by atoms with van der Waals surface area (Å²) in [4.78, 5) is 9.26. The van der Waals surface area contributed by atoms with E-state index in [1.54, 1.807) is 0 Å². The molecule has 0 radical (unpaired) electrons. The van der Waals surface area contributed by atoms with Gasteiger partial charge in [-0.1, -0.05) is 6.92 Å². The summed E-state index contributed by atoms with van der Waals surface area (Å²) in [5, 5.41) is 9.26. The zero-order valence-electron chi connectivity index (χ0n) is 4.02. The van der Waals surface area contributed by atoms with E-state index in [0.29, 0.717) is 0 Å². The fourth-order valence-electron chi connectivity index (χ4n) is 0. The molecular weight excluding hydrogens is 93.0 g/mol. The van der Waals surface area contributed by atoms with E-state index in [1.165, 1.54) is 6.92 Å². The number of aliphatic carboxylic acids is 1. The molecule has 0 saturated heterocycles. The first-order valence-corrected chi connectivity index (χ1v) is 1.47. The van der Waals surface area contributed by atoms with Crippen LogP contribution in [-0.4, -0.2) is 5.97 Å². The fourth-order valence-corrected chi connectivity index (χ4v) is 0. The van der Waals surface area contributed by atoms with Crippen molar-refractivity contribution in [1.29, 1.82) is 0 Å². The van der Waals surface area contributed by atoms with E-state index >= 15 is 0 Å². The van der Waals surface area contributed by atoms with Crippen molar-refractivity contribution >= 4 is 5.97 Å². The Labute approximate surface area is 58.8 Å². The Morgan fingerprint density at radius 3 is 2.00 bits per heavy atom. The molecule has 0 heterocycles. The van der Waals surface area contributed by atoms with Crippen LogP contribution in [0.1, 0.15) is 13.3 Å². The molecule has 0 aliphatic heterocycles. The summed E-state index contributed by atoms with van der Waals surface area (Å²) in [5.41, 5.74) is 0. The molecule has 0 spiro atoms. The Kier molecular flexibility index (Phi) is 8.83. The van der Waals surface area contributed by atoms with E-state index in [1.807, 2.05) is 0 Å². The van der Waals surface area contributed by atoms with Crippen LogP contribution in [0.4, 0.5) is 0 Å². The second-order valence-electron chi connectivity index (χ2n) is 0.726. The van der Waals surface area contributed by atoms with Gasteiger partial charge < -0.3 is 9.90 Å². The number of carboxylic acid groups (broad SMARTS) is 1. The van der Waals surface area contributed by atoms with Crippen LogP contribution in [0.2, 0.25) is 0 Å². The third-order valence-electron chi connectivity index (χ3n) is 0.289. The summed E-state index contributed by atoms with van der Waals surface area (Å²) in [5.74, 6) is -0.995. The number of hydrogen-bond acceptors (Lipinski definition) is 2. The van der Waals surface area contributed by atoms with E-state index < -0.39 is 5.97 Å². The van der Waals surface area contributed by atoms with E-state index in [-0.39, 0.29) is 36.0 Å². The topological polar surface area (TPSA) is 40.1 Å². The molecule has 0 aromatic heterocycles. The zero-order valence-corrected chi connectivity index (χ0v) is 6.02. The van der Waals surface area contributed by atoms with Crippen LogP contribution in [-0.2, 0) is 4.79 Å². The molecule has 0 aliphatic carbocycles. The number of carboxylic acids is 1. The first kappa shape index (κ1) is 9.69. The van der Waals surface area contributed by atoms with Gasteiger partial charge in [-0.25, -0.2) is 0 Å². The van der Waals surface area contributed by atoms with Crippen molar-refractivity contribution < 1.29 is 39.5 Å². The van der Waals surface area contributed by atoms with Crippen molar-refractivity contribution in [2.75, 3.05) is 0 Å². The van der Waals surface area contributed by atoms with Crippen molar-refractivity contribution in [1.82, 2.24) is 0 Å². The Morgan fingerprint density at radius 2 is 2.00 bits per heavy atom. The van der Waals surface area contributed by atoms with Gasteiger partial charge in [0.25, 0.3) is 0 Å². The number of carbonyl (C=O) groups is 1. The van der Waals surface area contributed by atoms with Gasteiger partial charge in [0.05, 0.1) is 0 Å². The second kappa shape index (κ2) is 5.47. The van der Waals surface area contributed by atoms with Crippen LogP contribution in [0.15, 0.2) is 0 Å². The van der Waals surface area contributed by atoms with Crippen LogP contribution in [0, 0.1) is 0 Å². The number of hydrogen-bond donors (Lipinski definition) is 0. The Morgan fingerprint density at radius 1 is 1.83 bits per heavy atom. The molecule has 2 nitrogen and oxygen atoms in total. The predicted molar refractivity (Wildman–Crippen MR) is 15.3 cm³/mol. The van der Waals surface area contributed by atoms with Gasteiger partial charge in [-0.05, 0) is 6.42 Å². The van der Waals surface area contributed by atoms with Crippen LogP contribution in [0.5, 0.6) is 0 Å². The molecule has 0 aromatic carbocycles. The molecular formula is C3H5NaO2. The molecule has 0 fully saturated rings. The summed E-state index contributed by atoms with van der Waals surface area (Å²) in [6.07, 6.45) is 0.111. The normalized spacial score (nSPS) is 6.17. The average molecular weight is 98.1 g/mol. The number of rotatable bonds is 1. The largest absolute Gasteiger partial charge is 1.00 e. The van der Waals surface area contributed by atoms with Crippen molar-refractivity contribution in [2.45, 2.75) is 13.3 Å². The summed E-state index contributed by atoms with van der Waals surface area (Å²) in [6.45, 7) is 1.54. The van der Waals surface area contributed by atoms with Crippen molar-refractivity contribution in [3.8, 4) is 0 Å². The van der Waals surface area contributed by atoms with E-state index in [2.05, 4.69) is 0 Å². The zero-order chi connectivity index (χ0) is 4.28. The molecule has 0 amide bonds. The minimum atomic E-state index is -0.995. The first-order valence-electron chi connectivity index (χ1n) is 1.47. The van der Waals surface area contributed by atoms with Gasteiger partial charge >= 0.3 is 29.6 Å². The van der Waals surface area contributed by atoms with Crippen LogP contribution in [0.3, 0.4) is 0 Å². The molecule has 0 aromatic rings. The first-order chi connectivity index (χ1) is 2.27. The minimum Gasteiger partial charge on any atom is -0.550 e. The predicted octanol–water partition coefficient (Wildman–Crippen LogP) is -3.85. The SMILES string of the molecule is C[14CH2]C(=O)[O-].[Na+]. The monoisotopic (exact) mass is 98.0 g/mol. The Bertz CT molecular complexity index is 44.1. The third kappa shape index (κ3) is 8.82. The van der Waals surface area contributed by atoms with E-state index in [9.17, 15) is 9.90 Å². The molecule has 30 valence electrons. The van der Waals surface area contributed by atoms with Crippen molar-refractivity contribution in [3.05, 3.63) is 0 Å². The summed E-state index contributed by atoms with van der Waals surface area (Å²) < 4.78 is 0. The average Bonchev–Trinajstić information content (AvgIpc) is 1.38. The van der Waals surface area contributed by atoms with E-state index in [4.69, 9.17) is 0 Å². The Balaban J connectivity index is 0. The molecule has 0 unspecified atom stereocenters. The molecule has 0 aliphatic rings. The van der Waals surface area contributed by atoms with Crippen LogP contribution in [0.25, 0.3) is 0 Å². The van der Waals surface area contributed by atoms with Gasteiger partial charge in [0.2, 0.25) is 0 Å². The fraction of sp³-hybridized carbons (Fsp3) is 0.667. The summed E-state index contributed by atoms with van der Waals surface area (Å²) in [7, 11) is 0. The molecule has 0 rings (SSSR count). The molecule has 0 bridgehead atoms. The van der Waals surface area contributed by atoms with Crippen LogP contribution >= 0.6 is 0 Å². The van der Waals surface area contributed by atoms with Gasteiger partial charge in [-0.15, -0.1) is 0 Å². The standard InChI is InChI=1S/C3H6O2.Na/c1-2-3(4)5;/h2H2,1H3,(H,4,5);/q;+1/p-1/i2+2;. The van der Waals surface area contributed by atoms with Crippen molar-refractivity contribution in [2.24, 2.45) is 0 Å². The summed E-state index contributed by atoms with van der Waals surface area (Å²) >= 11 is 0. The third-order valence-corrected chi connectivity index (χ3v) is 0.289. The van der Waals surface area contributed by atoms with Gasteiger partial charge in [-0.2, -0.15) is 0 Å². The maximum Gasteiger partial charge on any atom is 1.00 e. The molecule has 0 N–H and O–H groups in total. The van der Waals surface area contributed by atoms with Gasteiger partial charge in [0, 0.05) is 5.97 Å².